The number of hydrogen-bond donors (Lipinski definition) is 1. The van der Waals surface area contributed by atoms with E-state index in [2.05, 4.69) is 42.0 Å². The van der Waals surface area contributed by atoms with Gasteiger partial charge in [-0.3, -0.25) is 9.69 Å². The Kier molecular flexibility index (Phi) is 4.47. The molecule has 2 fully saturated rings. The van der Waals surface area contributed by atoms with E-state index >= 15 is 0 Å². The van der Waals surface area contributed by atoms with Gasteiger partial charge in [0.2, 0.25) is 0 Å². The summed E-state index contributed by atoms with van der Waals surface area (Å²) in [6, 6.07) is -0.202. The lowest BCUT2D eigenvalue weighted by Crippen LogP contribution is -2.48. The molecule has 5 heteroatoms. The SMILES string of the molecule is CC(C)(C)C(CBr)CN1C(=O)NC2(CCCCC2)C1=O. The number of rotatable bonds is 3. The highest BCUT2D eigenvalue weighted by molar-refractivity contribution is 9.09. The molecule has 1 aliphatic heterocycles. The third-order valence-corrected chi connectivity index (χ3v) is 5.55. The topological polar surface area (TPSA) is 49.4 Å². The van der Waals surface area contributed by atoms with Crippen LogP contribution in [0.1, 0.15) is 52.9 Å². The van der Waals surface area contributed by atoms with Crippen LogP contribution in [0, 0.1) is 11.3 Å². The van der Waals surface area contributed by atoms with Crippen LogP contribution in [0.25, 0.3) is 0 Å². The molecule has 2 rings (SSSR count). The van der Waals surface area contributed by atoms with E-state index in [-0.39, 0.29) is 23.3 Å². The number of amides is 3. The zero-order valence-corrected chi connectivity index (χ0v) is 14.3. The van der Waals surface area contributed by atoms with Crippen LogP contribution in [0.2, 0.25) is 0 Å². The standard InChI is InChI=1S/C15H25BrN2O2/c1-14(2,3)11(9-16)10-18-12(19)15(17-13(18)20)7-5-4-6-8-15/h11H,4-10H2,1-3H3,(H,17,20). The second kappa shape index (κ2) is 5.66. The van der Waals surface area contributed by atoms with E-state index in [1.807, 2.05) is 0 Å². The van der Waals surface area contributed by atoms with Crippen molar-refractivity contribution in [2.24, 2.45) is 11.3 Å². The van der Waals surface area contributed by atoms with Crippen LogP contribution in [-0.2, 0) is 4.79 Å². The van der Waals surface area contributed by atoms with Crippen molar-refractivity contribution in [3.05, 3.63) is 0 Å². The number of carbonyl (C=O) groups is 2. The predicted molar refractivity (Wildman–Crippen MR) is 82.8 cm³/mol. The Morgan fingerprint density at radius 1 is 1.25 bits per heavy atom. The van der Waals surface area contributed by atoms with E-state index < -0.39 is 5.54 Å². The van der Waals surface area contributed by atoms with E-state index in [1.54, 1.807) is 0 Å². The largest absolute Gasteiger partial charge is 0.325 e. The van der Waals surface area contributed by atoms with Gasteiger partial charge in [-0.2, -0.15) is 0 Å². The van der Waals surface area contributed by atoms with Crippen molar-refractivity contribution in [1.29, 1.82) is 0 Å². The lowest BCUT2D eigenvalue weighted by molar-refractivity contribution is -0.133. The van der Waals surface area contributed by atoms with Crippen molar-refractivity contribution in [2.45, 2.75) is 58.4 Å². The summed E-state index contributed by atoms with van der Waals surface area (Å²) in [4.78, 5) is 26.4. The zero-order valence-electron chi connectivity index (χ0n) is 12.7. The molecule has 0 aromatic carbocycles. The molecule has 1 heterocycles. The minimum Gasteiger partial charge on any atom is -0.323 e. The summed E-state index contributed by atoms with van der Waals surface area (Å²) in [6.07, 6.45) is 4.81. The summed E-state index contributed by atoms with van der Waals surface area (Å²) in [5.41, 5.74) is -0.531. The van der Waals surface area contributed by atoms with Crippen molar-refractivity contribution in [3.63, 3.8) is 0 Å². The van der Waals surface area contributed by atoms with Gasteiger partial charge in [-0.1, -0.05) is 56.0 Å². The molecule has 0 bridgehead atoms. The first kappa shape index (κ1) is 15.8. The molecule has 20 heavy (non-hydrogen) atoms. The first-order valence-corrected chi connectivity index (χ1v) is 8.62. The van der Waals surface area contributed by atoms with Crippen molar-refractivity contribution in [2.75, 3.05) is 11.9 Å². The maximum absolute atomic E-state index is 12.7. The molecule has 1 atom stereocenters. The minimum atomic E-state index is -0.593. The van der Waals surface area contributed by atoms with Gasteiger partial charge < -0.3 is 5.32 Å². The Bertz CT molecular complexity index is 397. The molecule has 1 N–H and O–H groups in total. The zero-order chi connectivity index (χ0) is 15.0. The number of halogens is 1. The fourth-order valence-corrected chi connectivity index (χ4v) is 4.29. The predicted octanol–water partition coefficient (Wildman–Crippen LogP) is 3.30. The monoisotopic (exact) mass is 344 g/mol. The average Bonchev–Trinajstić information content (AvgIpc) is 2.58. The molecule has 1 aliphatic carbocycles. The highest BCUT2D eigenvalue weighted by atomic mass is 79.9. The maximum atomic E-state index is 12.7. The van der Waals surface area contributed by atoms with E-state index in [9.17, 15) is 9.59 Å². The van der Waals surface area contributed by atoms with Gasteiger partial charge in [0.05, 0.1) is 0 Å². The van der Waals surface area contributed by atoms with Crippen molar-refractivity contribution >= 4 is 27.9 Å². The summed E-state index contributed by atoms with van der Waals surface area (Å²) in [6.45, 7) is 6.94. The molecule has 3 amide bonds. The second-order valence-corrected chi connectivity index (χ2v) is 7.85. The molecule has 0 aromatic heterocycles. The number of carbonyl (C=O) groups excluding carboxylic acids is 2. The maximum Gasteiger partial charge on any atom is 0.325 e. The van der Waals surface area contributed by atoms with Gasteiger partial charge in [-0.25, -0.2) is 4.79 Å². The molecule has 2 aliphatic rings. The summed E-state index contributed by atoms with van der Waals surface area (Å²) < 4.78 is 0. The fraction of sp³-hybridized carbons (Fsp3) is 0.867. The number of alkyl halides is 1. The third kappa shape index (κ3) is 2.87. The third-order valence-electron chi connectivity index (χ3n) is 4.77. The number of hydrogen-bond acceptors (Lipinski definition) is 2. The van der Waals surface area contributed by atoms with Crippen LogP contribution in [-0.4, -0.2) is 34.3 Å². The lowest BCUT2D eigenvalue weighted by Gasteiger charge is -2.33. The lowest BCUT2D eigenvalue weighted by atomic mass is 9.80. The van der Waals surface area contributed by atoms with Crippen LogP contribution in [0.3, 0.4) is 0 Å². The van der Waals surface area contributed by atoms with Gasteiger partial charge in [-0.15, -0.1) is 0 Å². The van der Waals surface area contributed by atoms with Gasteiger partial charge in [0.15, 0.2) is 0 Å². The van der Waals surface area contributed by atoms with Crippen LogP contribution in [0.15, 0.2) is 0 Å². The number of urea groups is 1. The molecular formula is C15H25BrN2O2. The van der Waals surface area contributed by atoms with E-state index in [4.69, 9.17) is 0 Å². The smallest absolute Gasteiger partial charge is 0.323 e. The Labute approximate surface area is 129 Å². The molecule has 1 spiro atoms. The van der Waals surface area contributed by atoms with Crippen molar-refractivity contribution in [3.8, 4) is 0 Å². The number of imide groups is 1. The quantitative estimate of drug-likeness (QED) is 0.630. The van der Waals surface area contributed by atoms with Gasteiger partial charge in [0, 0.05) is 11.9 Å². The summed E-state index contributed by atoms with van der Waals surface area (Å²) in [7, 11) is 0. The summed E-state index contributed by atoms with van der Waals surface area (Å²) in [5.74, 6) is 0.258. The minimum absolute atomic E-state index is 0.00241. The highest BCUT2D eigenvalue weighted by Gasteiger charge is 2.51. The van der Waals surface area contributed by atoms with Gasteiger partial charge in [0.25, 0.3) is 5.91 Å². The Hall–Kier alpha value is -0.580. The van der Waals surface area contributed by atoms with Crippen LogP contribution < -0.4 is 5.32 Å². The van der Waals surface area contributed by atoms with E-state index in [1.165, 1.54) is 4.90 Å². The molecule has 1 saturated carbocycles. The average molecular weight is 345 g/mol. The summed E-state index contributed by atoms with van der Waals surface area (Å²) >= 11 is 3.52. The van der Waals surface area contributed by atoms with Crippen molar-refractivity contribution in [1.82, 2.24) is 10.2 Å². The number of nitrogens with one attached hydrogen (secondary N) is 1. The van der Waals surface area contributed by atoms with E-state index in [0.717, 1.165) is 37.4 Å². The van der Waals surface area contributed by atoms with Crippen LogP contribution in [0.5, 0.6) is 0 Å². The molecule has 114 valence electrons. The molecule has 1 unspecified atom stereocenters. The van der Waals surface area contributed by atoms with Crippen molar-refractivity contribution < 1.29 is 9.59 Å². The molecule has 0 radical (unpaired) electrons. The molecule has 1 saturated heterocycles. The molecule has 4 nitrogen and oxygen atoms in total. The van der Waals surface area contributed by atoms with Crippen LogP contribution in [0.4, 0.5) is 4.79 Å². The fourth-order valence-electron chi connectivity index (χ4n) is 3.11. The first-order valence-electron chi connectivity index (χ1n) is 7.50. The van der Waals surface area contributed by atoms with Crippen LogP contribution >= 0.6 is 15.9 Å². The summed E-state index contributed by atoms with van der Waals surface area (Å²) in [5, 5.41) is 3.76. The molecular weight excluding hydrogens is 320 g/mol. The Morgan fingerprint density at radius 2 is 1.85 bits per heavy atom. The Balaban J connectivity index is 2.13. The van der Waals surface area contributed by atoms with Gasteiger partial charge in [0.1, 0.15) is 5.54 Å². The molecule has 0 aromatic rings. The van der Waals surface area contributed by atoms with Gasteiger partial charge in [-0.05, 0) is 24.2 Å². The second-order valence-electron chi connectivity index (χ2n) is 7.21. The Morgan fingerprint density at radius 3 is 2.35 bits per heavy atom. The van der Waals surface area contributed by atoms with Gasteiger partial charge >= 0.3 is 6.03 Å². The normalized spacial score (nSPS) is 24.1. The first-order chi connectivity index (χ1) is 9.30. The van der Waals surface area contributed by atoms with E-state index in [0.29, 0.717) is 6.54 Å². The highest BCUT2D eigenvalue weighted by Crippen LogP contribution is 2.35. The number of nitrogens with zero attached hydrogens (tertiary/aromatic N) is 1.